The van der Waals surface area contributed by atoms with E-state index < -0.39 is 0 Å². The lowest BCUT2D eigenvalue weighted by Gasteiger charge is -2.52. The monoisotopic (exact) mass is 500 g/mol. The SMILES string of the molecule is COC1C(C)CNC(CN(CC2(C3CCCC(C)N3)CCOCC2)C2CC(Cl)NC(N)N2)C1C. The van der Waals surface area contributed by atoms with Gasteiger partial charge >= 0.3 is 0 Å². The first-order valence-corrected chi connectivity index (χ1v) is 14.0. The Morgan fingerprint density at radius 3 is 2.56 bits per heavy atom. The number of nitrogens with zero attached hydrogens (tertiary/aromatic N) is 1. The fourth-order valence-electron chi connectivity index (χ4n) is 7.08. The van der Waals surface area contributed by atoms with Crippen molar-refractivity contribution in [2.24, 2.45) is 23.0 Å². The molecule has 4 aliphatic rings. The molecule has 0 spiro atoms. The average molecular weight is 501 g/mol. The summed E-state index contributed by atoms with van der Waals surface area (Å²) in [5.41, 5.74) is 6.36. The van der Waals surface area contributed by atoms with E-state index >= 15 is 0 Å². The summed E-state index contributed by atoms with van der Waals surface area (Å²) in [6.45, 7) is 11.6. The maximum Gasteiger partial charge on any atom is 0.111 e. The number of halogens is 1. The van der Waals surface area contributed by atoms with E-state index in [0.717, 1.165) is 52.1 Å². The Labute approximate surface area is 211 Å². The summed E-state index contributed by atoms with van der Waals surface area (Å²) in [7, 11) is 1.86. The van der Waals surface area contributed by atoms with Gasteiger partial charge < -0.3 is 25.8 Å². The lowest BCUT2D eigenvalue weighted by molar-refractivity contribution is -0.0609. The maximum atomic E-state index is 6.61. The van der Waals surface area contributed by atoms with Crippen molar-refractivity contribution in [2.45, 2.75) is 101 Å². The molecule has 4 rings (SSSR count). The van der Waals surface area contributed by atoms with Gasteiger partial charge in [0.25, 0.3) is 0 Å². The topological polar surface area (TPSA) is 95.8 Å². The zero-order valence-electron chi connectivity index (χ0n) is 21.7. The van der Waals surface area contributed by atoms with Crippen molar-refractivity contribution in [2.75, 3.05) is 40.0 Å². The molecule has 4 aliphatic heterocycles. The molecule has 0 radical (unpaired) electrons. The van der Waals surface area contributed by atoms with Gasteiger partial charge in [-0.15, -0.1) is 11.6 Å². The molecule has 0 aromatic carbocycles. The number of alkyl halides is 1. The van der Waals surface area contributed by atoms with Gasteiger partial charge in [-0.1, -0.05) is 20.3 Å². The van der Waals surface area contributed by atoms with Crippen molar-refractivity contribution in [3.63, 3.8) is 0 Å². The van der Waals surface area contributed by atoms with Crippen LogP contribution in [-0.2, 0) is 9.47 Å². The Morgan fingerprint density at radius 2 is 1.88 bits per heavy atom. The highest BCUT2D eigenvalue weighted by atomic mass is 35.5. The van der Waals surface area contributed by atoms with E-state index in [-0.39, 0.29) is 29.5 Å². The van der Waals surface area contributed by atoms with Gasteiger partial charge in [-0.2, -0.15) is 0 Å². The highest BCUT2D eigenvalue weighted by molar-refractivity contribution is 6.20. The van der Waals surface area contributed by atoms with Crippen molar-refractivity contribution >= 4 is 11.6 Å². The van der Waals surface area contributed by atoms with Gasteiger partial charge in [0.05, 0.1) is 17.8 Å². The fraction of sp³-hybridized carbons (Fsp3) is 1.00. The molecule has 34 heavy (non-hydrogen) atoms. The first kappa shape index (κ1) is 27.0. The molecule has 4 saturated heterocycles. The first-order valence-electron chi connectivity index (χ1n) is 13.6. The number of nitrogens with one attached hydrogen (secondary N) is 4. The second kappa shape index (κ2) is 12.0. The molecule has 0 amide bonds. The van der Waals surface area contributed by atoms with Crippen LogP contribution >= 0.6 is 11.6 Å². The Kier molecular flexibility index (Phi) is 9.54. The second-order valence-corrected chi connectivity index (χ2v) is 12.1. The number of piperidine rings is 2. The van der Waals surface area contributed by atoms with E-state index in [0.29, 0.717) is 30.0 Å². The van der Waals surface area contributed by atoms with Crippen LogP contribution in [0, 0.1) is 17.3 Å². The Hall–Kier alpha value is -0.0300. The minimum Gasteiger partial charge on any atom is -0.381 e. The molecule has 9 heteroatoms. The molecule has 0 aromatic heterocycles. The van der Waals surface area contributed by atoms with E-state index in [1.165, 1.54) is 19.3 Å². The standard InChI is InChI=1S/C25H49ClN6O2/c1-16-13-28-19(18(3)23(16)33-4)14-32(22-12-21(26)30-24(27)31-22)15-25(8-10-34-11-9-25)20-7-5-6-17(2)29-20/h16-24,28-31H,5-15,27H2,1-4H3. The highest BCUT2D eigenvalue weighted by Crippen LogP contribution is 2.40. The lowest BCUT2D eigenvalue weighted by atomic mass is 9.70. The molecule has 198 valence electrons. The van der Waals surface area contributed by atoms with Crippen molar-refractivity contribution < 1.29 is 9.47 Å². The minimum absolute atomic E-state index is 0.133. The van der Waals surface area contributed by atoms with Crippen LogP contribution < -0.4 is 27.0 Å². The van der Waals surface area contributed by atoms with E-state index in [4.69, 9.17) is 26.8 Å². The summed E-state index contributed by atoms with van der Waals surface area (Å²) < 4.78 is 11.8. The van der Waals surface area contributed by atoms with Crippen LogP contribution in [0.4, 0.5) is 0 Å². The highest BCUT2D eigenvalue weighted by Gasteiger charge is 2.46. The number of ether oxygens (including phenoxy) is 2. The minimum atomic E-state index is -0.300. The molecular formula is C25H49ClN6O2. The summed E-state index contributed by atoms with van der Waals surface area (Å²) >= 11 is 6.61. The van der Waals surface area contributed by atoms with Crippen molar-refractivity contribution in [3.05, 3.63) is 0 Å². The van der Waals surface area contributed by atoms with Gasteiger partial charge in [-0.25, -0.2) is 0 Å². The van der Waals surface area contributed by atoms with Gasteiger partial charge in [0, 0.05) is 69.9 Å². The predicted molar refractivity (Wildman–Crippen MR) is 138 cm³/mol. The van der Waals surface area contributed by atoms with Gasteiger partial charge in [-0.05, 0) is 44.4 Å². The Bertz CT molecular complexity index is 629. The van der Waals surface area contributed by atoms with Crippen LogP contribution in [0.1, 0.15) is 59.3 Å². The van der Waals surface area contributed by atoms with Crippen LogP contribution in [0.2, 0.25) is 0 Å². The van der Waals surface area contributed by atoms with Crippen molar-refractivity contribution in [3.8, 4) is 0 Å². The average Bonchev–Trinajstić information content (AvgIpc) is 2.81. The summed E-state index contributed by atoms with van der Waals surface area (Å²) in [6, 6.07) is 1.46. The molecule has 0 bridgehead atoms. The predicted octanol–water partition coefficient (Wildman–Crippen LogP) is 1.59. The van der Waals surface area contributed by atoms with Crippen molar-refractivity contribution in [1.29, 1.82) is 0 Å². The normalized spacial score (nSPS) is 43.7. The van der Waals surface area contributed by atoms with Gasteiger partial charge in [0.15, 0.2) is 0 Å². The molecule has 4 heterocycles. The molecular weight excluding hydrogens is 452 g/mol. The zero-order chi connectivity index (χ0) is 24.3. The van der Waals surface area contributed by atoms with E-state index in [1.54, 1.807) is 0 Å². The summed E-state index contributed by atoms with van der Waals surface area (Å²) in [6.07, 6.45) is 6.94. The van der Waals surface area contributed by atoms with Crippen molar-refractivity contribution in [1.82, 2.24) is 26.2 Å². The van der Waals surface area contributed by atoms with Crippen LogP contribution in [0.15, 0.2) is 0 Å². The largest absolute Gasteiger partial charge is 0.381 e. The molecule has 0 saturated carbocycles. The molecule has 8 nitrogen and oxygen atoms in total. The third-order valence-electron chi connectivity index (χ3n) is 9.08. The number of rotatable bonds is 7. The second-order valence-electron chi connectivity index (χ2n) is 11.5. The van der Waals surface area contributed by atoms with Crippen LogP contribution in [0.3, 0.4) is 0 Å². The Balaban J connectivity index is 1.57. The number of hydrogen-bond acceptors (Lipinski definition) is 8. The summed E-state index contributed by atoms with van der Waals surface area (Å²) in [5.74, 6) is 0.939. The van der Waals surface area contributed by atoms with E-state index in [1.807, 2.05) is 7.11 Å². The number of hydrogen-bond donors (Lipinski definition) is 5. The molecule has 6 N–H and O–H groups in total. The maximum absolute atomic E-state index is 6.61. The molecule has 4 fully saturated rings. The Morgan fingerprint density at radius 1 is 1.12 bits per heavy atom. The number of methoxy groups -OCH3 is 1. The molecule has 0 aliphatic carbocycles. The lowest BCUT2D eigenvalue weighted by Crippen LogP contribution is -2.69. The van der Waals surface area contributed by atoms with E-state index in [2.05, 4.69) is 46.9 Å². The van der Waals surface area contributed by atoms with Gasteiger partial charge in [0.2, 0.25) is 0 Å². The smallest absolute Gasteiger partial charge is 0.111 e. The molecule has 9 unspecified atom stereocenters. The third-order valence-corrected chi connectivity index (χ3v) is 9.39. The first-order chi connectivity index (χ1) is 16.3. The van der Waals surface area contributed by atoms with Gasteiger partial charge in [0.1, 0.15) is 6.29 Å². The van der Waals surface area contributed by atoms with Gasteiger partial charge in [-0.3, -0.25) is 15.5 Å². The molecule has 9 atom stereocenters. The van der Waals surface area contributed by atoms with Crippen LogP contribution in [-0.4, -0.2) is 87.0 Å². The molecule has 0 aromatic rings. The third kappa shape index (κ3) is 6.26. The quantitative estimate of drug-likeness (QED) is 0.266. The van der Waals surface area contributed by atoms with Crippen LogP contribution in [0.25, 0.3) is 0 Å². The summed E-state index contributed by atoms with van der Waals surface area (Å²) in [4.78, 5) is 2.65. The van der Waals surface area contributed by atoms with E-state index in [9.17, 15) is 0 Å². The number of nitrogens with two attached hydrogens (primary N) is 1. The fourth-order valence-corrected chi connectivity index (χ4v) is 7.38. The van der Waals surface area contributed by atoms with Crippen LogP contribution in [0.5, 0.6) is 0 Å². The summed E-state index contributed by atoms with van der Waals surface area (Å²) in [5, 5.41) is 14.6. The zero-order valence-corrected chi connectivity index (χ0v) is 22.4.